The van der Waals surface area contributed by atoms with Crippen LogP contribution in [0.1, 0.15) is 55.0 Å². The summed E-state index contributed by atoms with van der Waals surface area (Å²) in [4.78, 5) is 30.6. The number of amides is 1. The van der Waals surface area contributed by atoms with Gasteiger partial charge in [0.1, 0.15) is 5.82 Å². The molecule has 0 saturated carbocycles. The molecule has 180 valence electrons. The maximum Gasteiger partial charge on any atom is 0.339 e. The van der Waals surface area contributed by atoms with Gasteiger partial charge < -0.3 is 10.1 Å². The topological polar surface area (TPSA) is 86.1 Å². The van der Waals surface area contributed by atoms with Crippen molar-refractivity contribution in [3.05, 3.63) is 83.2 Å². The van der Waals surface area contributed by atoms with Gasteiger partial charge in [-0.25, -0.2) is 9.48 Å². The molecule has 0 saturated heterocycles. The number of pyridine rings is 1. The number of fused-ring (bicyclic) bond motifs is 1. The molecule has 7 heteroatoms. The van der Waals surface area contributed by atoms with Gasteiger partial charge in [0.05, 0.1) is 22.5 Å². The summed E-state index contributed by atoms with van der Waals surface area (Å²) in [5.41, 5.74) is 4.23. The number of nitrogens with one attached hydrogen (secondary N) is 1. The van der Waals surface area contributed by atoms with Gasteiger partial charge in [0, 0.05) is 22.6 Å². The van der Waals surface area contributed by atoms with E-state index in [1.807, 2.05) is 74.5 Å². The molecule has 0 fully saturated rings. The number of carbonyl (C=O) groups excluding carboxylic acids is 2. The first-order valence-corrected chi connectivity index (χ1v) is 11.7. The van der Waals surface area contributed by atoms with Gasteiger partial charge in [0.2, 0.25) is 0 Å². The first kappa shape index (κ1) is 24.1. The average molecular weight is 471 g/mol. The lowest BCUT2D eigenvalue weighted by atomic mass is 9.92. The molecule has 4 rings (SSSR count). The molecule has 4 aromatic rings. The van der Waals surface area contributed by atoms with E-state index in [0.29, 0.717) is 23.2 Å². The molecule has 2 heterocycles. The highest BCUT2D eigenvalue weighted by Crippen LogP contribution is 2.27. The van der Waals surface area contributed by atoms with Crippen LogP contribution < -0.4 is 5.32 Å². The Bertz CT molecular complexity index is 1380. The first-order valence-electron chi connectivity index (χ1n) is 11.7. The molecular weight excluding hydrogens is 440 g/mol. The Labute approximate surface area is 205 Å². The molecule has 0 unspecified atom stereocenters. The van der Waals surface area contributed by atoms with Gasteiger partial charge >= 0.3 is 5.97 Å². The van der Waals surface area contributed by atoms with Crippen molar-refractivity contribution in [2.75, 3.05) is 11.9 Å². The van der Waals surface area contributed by atoms with Crippen LogP contribution >= 0.6 is 0 Å². The van der Waals surface area contributed by atoms with Crippen LogP contribution in [0, 0.1) is 6.92 Å². The fourth-order valence-corrected chi connectivity index (χ4v) is 3.95. The molecular formula is C28H30N4O3. The van der Waals surface area contributed by atoms with E-state index in [1.54, 1.807) is 4.68 Å². The maximum absolute atomic E-state index is 13.1. The van der Waals surface area contributed by atoms with E-state index in [1.165, 1.54) is 0 Å². The molecule has 7 nitrogen and oxygen atoms in total. The Morgan fingerprint density at radius 1 is 1.03 bits per heavy atom. The summed E-state index contributed by atoms with van der Waals surface area (Å²) in [6.45, 7) is 9.62. The van der Waals surface area contributed by atoms with Crippen LogP contribution in [0.25, 0.3) is 16.6 Å². The van der Waals surface area contributed by atoms with E-state index < -0.39 is 18.5 Å². The molecule has 35 heavy (non-hydrogen) atoms. The summed E-state index contributed by atoms with van der Waals surface area (Å²) in [5.74, 6) is -0.471. The summed E-state index contributed by atoms with van der Waals surface area (Å²) in [6, 6.07) is 18.9. The van der Waals surface area contributed by atoms with Crippen molar-refractivity contribution in [1.82, 2.24) is 14.8 Å². The fraction of sp³-hybridized carbons (Fsp3) is 0.286. The van der Waals surface area contributed by atoms with Crippen molar-refractivity contribution >= 4 is 28.6 Å². The second kappa shape index (κ2) is 9.70. The van der Waals surface area contributed by atoms with E-state index in [9.17, 15) is 9.59 Å². The zero-order chi connectivity index (χ0) is 25.2. The SMILES string of the molecule is CCc1nc2ccccc2c(C(=O)OCC(=O)Nc2cc(C(C)(C)C)nn2-c2ccccc2)c1C. The summed E-state index contributed by atoms with van der Waals surface area (Å²) >= 11 is 0. The number of aryl methyl sites for hydroxylation is 1. The third-order valence-corrected chi connectivity index (χ3v) is 5.86. The van der Waals surface area contributed by atoms with Crippen LogP contribution in [-0.2, 0) is 21.4 Å². The Morgan fingerprint density at radius 2 is 1.71 bits per heavy atom. The number of hydrogen-bond donors (Lipinski definition) is 1. The number of hydrogen-bond acceptors (Lipinski definition) is 5. The molecule has 0 bridgehead atoms. The van der Waals surface area contributed by atoms with Crippen LogP contribution in [0.2, 0.25) is 0 Å². The second-order valence-electron chi connectivity index (χ2n) is 9.47. The van der Waals surface area contributed by atoms with Crippen LogP contribution in [-0.4, -0.2) is 33.2 Å². The van der Waals surface area contributed by atoms with Crippen molar-refractivity contribution in [2.24, 2.45) is 0 Å². The lowest BCUT2D eigenvalue weighted by Crippen LogP contribution is -2.23. The van der Waals surface area contributed by atoms with E-state index in [4.69, 9.17) is 9.84 Å². The van der Waals surface area contributed by atoms with Gasteiger partial charge in [-0.05, 0) is 37.1 Å². The van der Waals surface area contributed by atoms with Crippen molar-refractivity contribution in [2.45, 2.75) is 46.5 Å². The van der Waals surface area contributed by atoms with Gasteiger partial charge in [-0.15, -0.1) is 0 Å². The molecule has 2 aromatic carbocycles. The molecule has 0 atom stereocenters. The largest absolute Gasteiger partial charge is 0.452 e. The number of para-hydroxylation sites is 2. The minimum Gasteiger partial charge on any atom is -0.452 e. The van der Waals surface area contributed by atoms with Gasteiger partial charge in [-0.1, -0.05) is 64.1 Å². The number of esters is 1. The van der Waals surface area contributed by atoms with Gasteiger partial charge in [0.25, 0.3) is 5.91 Å². The molecule has 0 aliphatic heterocycles. The molecule has 0 aliphatic carbocycles. The maximum atomic E-state index is 13.1. The molecule has 1 N–H and O–H groups in total. The summed E-state index contributed by atoms with van der Waals surface area (Å²) in [6.07, 6.45) is 0.691. The monoisotopic (exact) mass is 470 g/mol. The quantitative estimate of drug-likeness (QED) is 0.382. The van der Waals surface area contributed by atoms with E-state index in [-0.39, 0.29) is 5.41 Å². The third kappa shape index (κ3) is 5.09. The van der Waals surface area contributed by atoms with Crippen molar-refractivity contribution in [3.63, 3.8) is 0 Å². The summed E-state index contributed by atoms with van der Waals surface area (Å²) < 4.78 is 7.15. The normalized spacial score (nSPS) is 11.5. The Morgan fingerprint density at radius 3 is 2.40 bits per heavy atom. The fourth-order valence-electron chi connectivity index (χ4n) is 3.95. The predicted octanol–water partition coefficient (Wildman–Crippen LogP) is 5.38. The summed E-state index contributed by atoms with van der Waals surface area (Å²) in [5, 5.41) is 8.27. The predicted molar refractivity (Wildman–Crippen MR) is 137 cm³/mol. The zero-order valence-corrected chi connectivity index (χ0v) is 20.8. The van der Waals surface area contributed by atoms with Crippen molar-refractivity contribution < 1.29 is 14.3 Å². The smallest absolute Gasteiger partial charge is 0.339 e. The third-order valence-electron chi connectivity index (χ3n) is 5.86. The standard InChI is InChI=1S/C28H30N4O3/c1-6-21-18(2)26(20-14-10-11-15-22(20)29-21)27(34)35-17-25(33)30-24-16-23(28(3,4)5)31-32(24)19-12-8-7-9-13-19/h7-16H,6,17H2,1-5H3,(H,30,33). The molecule has 2 aromatic heterocycles. The van der Waals surface area contributed by atoms with E-state index in [0.717, 1.165) is 28.2 Å². The molecule has 0 radical (unpaired) electrons. The number of aromatic nitrogens is 3. The Balaban J connectivity index is 1.55. The minimum atomic E-state index is -0.544. The van der Waals surface area contributed by atoms with E-state index in [2.05, 4.69) is 31.1 Å². The molecule has 1 amide bonds. The second-order valence-corrected chi connectivity index (χ2v) is 9.47. The lowest BCUT2D eigenvalue weighted by molar-refractivity contribution is -0.119. The van der Waals surface area contributed by atoms with Crippen LogP contribution in [0.3, 0.4) is 0 Å². The van der Waals surface area contributed by atoms with Crippen molar-refractivity contribution in [1.29, 1.82) is 0 Å². The average Bonchev–Trinajstić information content (AvgIpc) is 3.27. The number of benzene rings is 2. The highest BCUT2D eigenvalue weighted by atomic mass is 16.5. The van der Waals surface area contributed by atoms with Crippen LogP contribution in [0.5, 0.6) is 0 Å². The molecule has 0 aliphatic rings. The van der Waals surface area contributed by atoms with Gasteiger partial charge in [-0.3, -0.25) is 9.78 Å². The van der Waals surface area contributed by atoms with Crippen LogP contribution in [0.4, 0.5) is 5.82 Å². The Kier molecular flexibility index (Phi) is 6.69. The highest BCUT2D eigenvalue weighted by Gasteiger charge is 2.23. The Hall–Kier alpha value is -4.00. The number of nitrogens with zero attached hydrogens (tertiary/aromatic N) is 3. The van der Waals surface area contributed by atoms with Gasteiger partial charge in [-0.2, -0.15) is 5.10 Å². The highest BCUT2D eigenvalue weighted by molar-refractivity contribution is 6.05. The molecule has 0 spiro atoms. The summed E-state index contributed by atoms with van der Waals surface area (Å²) in [7, 11) is 0. The van der Waals surface area contributed by atoms with Crippen LogP contribution in [0.15, 0.2) is 60.7 Å². The number of rotatable bonds is 6. The van der Waals surface area contributed by atoms with Gasteiger partial charge in [0.15, 0.2) is 6.61 Å². The first-order chi connectivity index (χ1) is 16.7. The minimum absolute atomic E-state index is 0.205. The van der Waals surface area contributed by atoms with E-state index >= 15 is 0 Å². The number of ether oxygens (including phenoxy) is 1. The number of carbonyl (C=O) groups is 2. The van der Waals surface area contributed by atoms with Crippen molar-refractivity contribution in [3.8, 4) is 5.69 Å². The number of anilines is 1. The lowest BCUT2D eigenvalue weighted by Gasteiger charge is -2.14. The zero-order valence-electron chi connectivity index (χ0n) is 20.8.